The normalized spacial score (nSPS) is 11.0. The molecular formula is C10H11BrN2. The van der Waals surface area contributed by atoms with Crippen molar-refractivity contribution in [3.8, 4) is 0 Å². The van der Waals surface area contributed by atoms with Crippen molar-refractivity contribution in [3.63, 3.8) is 0 Å². The van der Waals surface area contributed by atoms with Gasteiger partial charge in [-0.05, 0) is 34.5 Å². The third kappa shape index (κ3) is 1.37. The van der Waals surface area contributed by atoms with Crippen molar-refractivity contribution in [1.29, 1.82) is 0 Å². The Morgan fingerprint density at radius 3 is 3.00 bits per heavy atom. The van der Waals surface area contributed by atoms with Gasteiger partial charge in [-0.3, -0.25) is 4.98 Å². The predicted molar refractivity (Wildman–Crippen MR) is 57.8 cm³/mol. The summed E-state index contributed by atoms with van der Waals surface area (Å²) in [6, 6.07) is 4.13. The molecule has 0 saturated carbocycles. The van der Waals surface area contributed by atoms with E-state index in [1.54, 1.807) is 0 Å². The van der Waals surface area contributed by atoms with Gasteiger partial charge in [0.25, 0.3) is 0 Å². The van der Waals surface area contributed by atoms with E-state index in [1.165, 1.54) is 0 Å². The first-order valence-electron chi connectivity index (χ1n) is 4.33. The summed E-state index contributed by atoms with van der Waals surface area (Å²) in [5, 5.41) is 0. The number of halogens is 1. The van der Waals surface area contributed by atoms with Gasteiger partial charge in [-0.1, -0.05) is 6.92 Å². The van der Waals surface area contributed by atoms with Crippen LogP contribution in [0.15, 0.2) is 22.8 Å². The van der Waals surface area contributed by atoms with Crippen molar-refractivity contribution in [2.45, 2.75) is 13.3 Å². The number of hydrogen-bond donors (Lipinski definition) is 0. The molecule has 2 aromatic rings. The Morgan fingerprint density at radius 2 is 2.31 bits per heavy atom. The molecule has 0 radical (unpaired) electrons. The van der Waals surface area contributed by atoms with Crippen LogP contribution in [0.5, 0.6) is 0 Å². The molecule has 0 aliphatic carbocycles. The van der Waals surface area contributed by atoms with E-state index in [4.69, 9.17) is 0 Å². The van der Waals surface area contributed by atoms with Gasteiger partial charge in [0.05, 0.1) is 11.0 Å². The second-order valence-corrected chi connectivity index (χ2v) is 3.96. The van der Waals surface area contributed by atoms with E-state index in [1.807, 2.05) is 19.3 Å². The van der Waals surface area contributed by atoms with Gasteiger partial charge in [-0.15, -0.1) is 0 Å². The molecule has 68 valence electrons. The van der Waals surface area contributed by atoms with Crippen LogP contribution in [0.3, 0.4) is 0 Å². The van der Waals surface area contributed by atoms with Crippen molar-refractivity contribution >= 4 is 27.0 Å². The highest BCUT2D eigenvalue weighted by Crippen LogP contribution is 2.23. The zero-order valence-electron chi connectivity index (χ0n) is 7.71. The maximum absolute atomic E-state index is 4.52. The zero-order valence-corrected chi connectivity index (χ0v) is 9.30. The summed E-state index contributed by atoms with van der Waals surface area (Å²) in [6.07, 6.45) is 3.01. The number of nitrogens with zero attached hydrogens (tertiary/aromatic N) is 2. The highest BCUT2D eigenvalue weighted by Gasteiger charge is 2.05. The first-order chi connectivity index (χ1) is 6.22. The monoisotopic (exact) mass is 238 g/mol. The number of fused-ring (bicyclic) bond motifs is 1. The van der Waals surface area contributed by atoms with Crippen molar-refractivity contribution < 1.29 is 0 Å². The third-order valence-corrected chi connectivity index (χ3v) is 2.80. The second kappa shape index (κ2) is 3.14. The van der Waals surface area contributed by atoms with Gasteiger partial charge in [0.2, 0.25) is 0 Å². The van der Waals surface area contributed by atoms with Crippen LogP contribution in [0.25, 0.3) is 11.0 Å². The highest BCUT2D eigenvalue weighted by atomic mass is 79.9. The maximum atomic E-state index is 4.52. The Labute approximate surface area is 85.7 Å². The lowest BCUT2D eigenvalue weighted by Crippen LogP contribution is -1.91. The third-order valence-electron chi connectivity index (χ3n) is 2.20. The fourth-order valence-corrected chi connectivity index (χ4v) is 2.23. The minimum absolute atomic E-state index is 0.976. The lowest BCUT2D eigenvalue weighted by molar-refractivity contribution is 0.962. The second-order valence-electron chi connectivity index (χ2n) is 3.11. The standard InChI is InChI=1S/C10H11BrN2/c1-3-7-6-8(11)10-9(12-7)4-5-13(10)2/h4-6H,3H2,1-2H3. The Hall–Kier alpha value is -0.830. The number of aryl methyl sites for hydroxylation is 2. The summed E-state index contributed by atoms with van der Waals surface area (Å²) in [7, 11) is 2.03. The van der Waals surface area contributed by atoms with Crippen LogP contribution in [0, 0.1) is 0 Å². The molecule has 0 saturated heterocycles. The Kier molecular flexibility index (Phi) is 2.12. The number of aromatic nitrogens is 2. The molecule has 3 heteroatoms. The van der Waals surface area contributed by atoms with Crippen molar-refractivity contribution in [2.24, 2.45) is 7.05 Å². The Morgan fingerprint density at radius 1 is 1.54 bits per heavy atom. The van der Waals surface area contributed by atoms with E-state index in [-0.39, 0.29) is 0 Å². The molecule has 0 N–H and O–H groups in total. The fraction of sp³-hybridized carbons (Fsp3) is 0.300. The van der Waals surface area contributed by atoms with E-state index in [9.17, 15) is 0 Å². The van der Waals surface area contributed by atoms with E-state index < -0.39 is 0 Å². The summed E-state index contributed by atoms with van der Waals surface area (Å²) in [5.74, 6) is 0. The van der Waals surface area contributed by atoms with Gasteiger partial charge in [0.1, 0.15) is 0 Å². The molecule has 0 unspecified atom stereocenters. The number of rotatable bonds is 1. The van der Waals surface area contributed by atoms with Crippen LogP contribution in [0.2, 0.25) is 0 Å². The number of pyridine rings is 1. The van der Waals surface area contributed by atoms with Crippen LogP contribution in [0.1, 0.15) is 12.6 Å². The van der Waals surface area contributed by atoms with Crippen LogP contribution >= 0.6 is 15.9 Å². The summed E-state index contributed by atoms with van der Waals surface area (Å²) in [4.78, 5) is 4.52. The maximum Gasteiger partial charge on any atom is 0.0895 e. The predicted octanol–water partition coefficient (Wildman–Crippen LogP) is 2.90. The lowest BCUT2D eigenvalue weighted by Gasteiger charge is -2.01. The molecule has 0 aromatic carbocycles. The molecule has 0 aliphatic rings. The minimum Gasteiger partial charge on any atom is -0.348 e. The number of hydrogen-bond acceptors (Lipinski definition) is 1. The molecule has 2 heterocycles. The molecular weight excluding hydrogens is 228 g/mol. The average molecular weight is 239 g/mol. The molecule has 2 aromatic heterocycles. The van der Waals surface area contributed by atoms with Crippen molar-refractivity contribution in [1.82, 2.24) is 9.55 Å². The first-order valence-corrected chi connectivity index (χ1v) is 5.12. The minimum atomic E-state index is 0.976. The van der Waals surface area contributed by atoms with E-state index in [0.717, 1.165) is 27.6 Å². The molecule has 13 heavy (non-hydrogen) atoms. The van der Waals surface area contributed by atoms with Gasteiger partial charge < -0.3 is 4.57 Å². The Bertz CT molecular complexity index is 445. The molecule has 0 aliphatic heterocycles. The lowest BCUT2D eigenvalue weighted by atomic mass is 10.2. The molecule has 2 rings (SSSR count). The van der Waals surface area contributed by atoms with Crippen molar-refractivity contribution in [2.75, 3.05) is 0 Å². The molecule has 0 bridgehead atoms. The van der Waals surface area contributed by atoms with Gasteiger partial charge in [0, 0.05) is 23.4 Å². The summed E-state index contributed by atoms with van der Waals surface area (Å²) in [6.45, 7) is 2.11. The summed E-state index contributed by atoms with van der Waals surface area (Å²) < 4.78 is 3.20. The topological polar surface area (TPSA) is 17.8 Å². The molecule has 0 amide bonds. The van der Waals surface area contributed by atoms with E-state index in [0.29, 0.717) is 0 Å². The molecule has 0 spiro atoms. The van der Waals surface area contributed by atoms with Gasteiger partial charge in [0.15, 0.2) is 0 Å². The molecule has 2 nitrogen and oxygen atoms in total. The SMILES string of the molecule is CCc1cc(Br)c2c(ccn2C)n1. The summed E-state index contributed by atoms with van der Waals surface area (Å²) in [5.41, 5.74) is 3.36. The first kappa shape index (κ1) is 8.75. The average Bonchev–Trinajstić information content (AvgIpc) is 2.48. The molecule has 0 atom stereocenters. The zero-order chi connectivity index (χ0) is 9.42. The Balaban J connectivity index is 2.79. The fourth-order valence-electron chi connectivity index (χ4n) is 1.48. The van der Waals surface area contributed by atoms with Crippen LogP contribution < -0.4 is 0 Å². The highest BCUT2D eigenvalue weighted by molar-refractivity contribution is 9.10. The quantitative estimate of drug-likeness (QED) is 0.748. The largest absolute Gasteiger partial charge is 0.348 e. The van der Waals surface area contributed by atoms with E-state index in [2.05, 4.69) is 38.5 Å². The van der Waals surface area contributed by atoms with E-state index >= 15 is 0 Å². The molecule has 0 fully saturated rings. The van der Waals surface area contributed by atoms with Gasteiger partial charge >= 0.3 is 0 Å². The smallest absolute Gasteiger partial charge is 0.0895 e. The van der Waals surface area contributed by atoms with Crippen LogP contribution in [-0.2, 0) is 13.5 Å². The van der Waals surface area contributed by atoms with Gasteiger partial charge in [-0.25, -0.2) is 0 Å². The summed E-state index contributed by atoms with van der Waals surface area (Å²) >= 11 is 3.56. The van der Waals surface area contributed by atoms with Crippen molar-refractivity contribution in [3.05, 3.63) is 28.5 Å². The van der Waals surface area contributed by atoms with Crippen LogP contribution in [0.4, 0.5) is 0 Å². The van der Waals surface area contributed by atoms with Gasteiger partial charge in [-0.2, -0.15) is 0 Å². The van der Waals surface area contributed by atoms with Crippen LogP contribution in [-0.4, -0.2) is 9.55 Å².